The molecule has 0 amide bonds. The van der Waals surface area contributed by atoms with Crippen molar-refractivity contribution < 1.29 is 4.92 Å². The van der Waals surface area contributed by atoms with E-state index in [0.29, 0.717) is 12.1 Å². The molecule has 78 valence electrons. The highest BCUT2D eigenvalue weighted by molar-refractivity contribution is 9.09. The lowest BCUT2D eigenvalue weighted by Gasteiger charge is -2.06. The summed E-state index contributed by atoms with van der Waals surface area (Å²) in [6.07, 6.45) is 3.04. The molecule has 0 aliphatic carbocycles. The minimum Gasteiger partial charge on any atom is -0.358 e. The van der Waals surface area contributed by atoms with Crippen molar-refractivity contribution in [3.63, 3.8) is 0 Å². The summed E-state index contributed by atoms with van der Waals surface area (Å²) in [4.78, 5) is 14.2. The second-order valence-corrected chi connectivity index (χ2v) is 4.39. The third-order valence-electron chi connectivity index (χ3n) is 2.07. The molecule has 1 aromatic heterocycles. The van der Waals surface area contributed by atoms with Gasteiger partial charge in [0.05, 0.1) is 0 Å². The van der Waals surface area contributed by atoms with Crippen molar-refractivity contribution in [2.45, 2.75) is 24.6 Å². The van der Waals surface area contributed by atoms with Gasteiger partial charge in [0.1, 0.15) is 5.69 Å². The predicted molar refractivity (Wildman–Crippen MR) is 56.6 cm³/mol. The van der Waals surface area contributed by atoms with Crippen LogP contribution in [0.2, 0.25) is 0 Å². The van der Waals surface area contributed by atoms with E-state index in [4.69, 9.17) is 0 Å². The number of aromatic nitrogens is 2. The van der Waals surface area contributed by atoms with E-state index < -0.39 is 4.92 Å². The summed E-state index contributed by atoms with van der Waals surface area (Å²) in [6.45, 7) is 2.03. The van der Waals surface area contributed by atoms with Crippen LogP contribution in [0.5, 0.6) is 0 Å². The summed E-state index contributed by atoms with van der Waals surface area (Å²) in [7, 11) is 1.77. The van der Waals surface area contributed by atoms with Crippen LogP contribution in [0.15, 0.2) is 6.33 Å². The molecule has 0 radical (unpaired) electrons. The largest absolute Gasteiger partial charge is 0.384 e. The highest BCUT2D eigenvalue weighted by Crippen LogP contribution is 2.20. The van der Waals surface area contributed by atoms with Crippen LogP contribution in [-0.2, 0) is 13.5 Å². The van der Waals surface area contributed by atoms with E-state index >= 15 is 0 Å². The predicted octanol–water partition coefficient (Wildman–Crippen LogP) is 2.04. The van der Waals surface area contributed by atoms with Crippen LogP contribution in [0.4, 0.5) is 5.82 Å². The standard InChI is InChI=1S/C8H12BrN3O2/c1-3-6(9)4-7-8(12(13)14)10-5-11(7)2/h5-6H,3-4H2,1-2H3. The van der Waals surface area contributed by atoms with Crippen molar-refractivity contribution in [1.82, 2.24) is 9.55 Å². The summed E-state index contributed by atoms with van der Waals surface area (Å²) < 4.78 is 1.70. The average Bonchev–Trinajstić information content (AvgIpc) is 2.48. The molecule has 0 N–H and O–H groups in total. The fourth-order valence-corrected chi connectivity index (χ4v) is 1.49. The minimum absolute atomic E-state index is 0.0367. The molecule has 1 atom stereocenters. The first-order valence-electron chi connectivity index (χ1n) is 4.34. The van der Waals surface area contributed by atoms with Crippen LogP contribution in [0, 0.1) is 10.1 Å². The molecule has 0 spiro atoms. The first-order valence-corrected chi connectivity index (χ1v) is 5.26. The zero-order chi connectivity index (χ0) is 10.7. The van der Waals surface area contributed by atoms with E-state index in [1.807, 2.05) is 6.92 Å². The number of nitro groups is 1. The van der Waals surface area contributed by atoms with Crippen molar-refractivity contribution in [3.05, 3.63) is 22.1 Å². The van der Waals surface area contributed by atoms with Gasteiger partial charge in [0.25, 0.3) is 0 Å². The number of hydrogen-bond acceptors (Lipinski definition) is 3. The Morgan fingerprint density at radius 2 is 2.43 bits per heavy atom. The van der Waals surface area contributed by atoms with Gasteiger partial charge in [0.2, 0.25) is 6.33 Å². The Bertz CT molecular complexity index is 337. The molecule has 0 aliphatic heterocycles. The molecule has 6 heteroatoms. The summed E-state index contributed by atoms with van der Waals surface area (Å²) in [5, 5.41) is 10.6. The molecule has 0 aromatic carbocycles. The van der Waals surface area contributed by atoms with Gasteiger partial charge in [-0.05, 0) is 16.3 Å². The van der Waals surface area contributed by atoms with Crippen molar-refractivity contribution in [2.24, 2.45) is 7.05 Å². The van der Waals surface area contributed by atoms with Gasteiger partial charge >= 0.3 is 5.82 Å². The third-order valence-corrected chi connectivity index (χ3v) is 3.04. The Labute approximate surface area is 90.4 Å². The van der Waals surface area contributed by atoms with Gasteiger partial charge in [-0.2, -0.15) is 0 Å². The number of rotatable bonds is 4. The topological polar surface area (TPSA) is 61.0 Å². The van der Waals surface area contributed by atoms with E-state index in [0.717, 1.165) is 6.42 Å². The van der Waals surface area contributed by atoms with E-state index in [2.05, 4.69) is 20.9 Å². The van der Waals surface area contributed by atoms with Gasteiger partial charge in [0, 0.05) is 18.3 Å². The number of halogens is 1. The zero-order valence-corrected chi connectivity index (χ0v) is 9.69. The Kier molecular flexibility index (Phi) is 3.62. The SMILES string of the molecule is CCC(Br)Cc1c([N+](=O)[O-])ncn1C. The first kappa shape index (κ1) is 11.2. The number of alkyl halides is 1. The van der Waals surface area contributed by atoms with Gasteiger partial charge in [-0.15, -0.1) is 0 Å². The second-order valence-electron chi connectivity index (χ2n) is 3.09. The molecule has 0 fully saturated rings. The summed E-state index contributed by atoms with van der Waals surface area (Å²) in [5.74, 6) is -0.0367. The lowest BCUT2D eigenvalue weighted by Crippen LogP contribution is -2.07. The van der Waals surface area contributed by atoms with Crippen molar-refractivity contribution in [2.75, 3.05) is 0 Å². The number of aryl methyl sites for hydroxylation is 1. The van der Waals surface area contributed by atoms with Crippen molar-refractivity contribution in [3.8, 4) is 0 Å². The molecular weight excluding hydrogens is 250 g/mol. The summed E-state index contributed by atoms with van der Waals surface area (Å²) in [6, 6.07) is 0. The summed E-state index contributed by atoms with van der Waals surface area (Å²) >= 11 is 3.45. The maximum Gasteiger partial charge on any atom is 0.384 e. The molecule has 0 saturated carbocycles. The van der Waals surface area contributed by atoms with Gasteiger partial charge in [-0.1, -0.05) is 22.9 Å². The normalized spacial score (nSPS) is 12.8. The molecule has 1 heterocycles. The first-order chi connectivity index (χ1) is 6.56. The van der Waals surface area contributed by atoms with E-state index in [1.165, 1.54) is 6.33 Å². The molecule has 0 aliphatic rings. The quantitative estimate of drug-likeness (QED) is 0.474. The van der Waals surface area contributed by atoms with Crippen molar-refractivity contribution in [1.29, 1.82) is 0 Å². The molecule has 1 rings (SSSR count). The maximum atomic E-state index is 10.6. The Morgan fingerprint density at radius 3 is 2.93 bits per heavy atom. The third kappa shape index (κ3) is 2.31. The van der Waals surface area contributed by atoms with Crippen LogP contribution in [-0.4, -0.2) is 19.3 Å². The zero-order valence-electron chi connectivity index (χ0n) is 8.11. The number of nitrogens with zero attached hydrogens (tertiary/aromatic N) is 3. The number of imidazole rings is 1. The van der Waals surface area contributed by atoms with E-state index in [9.17, 15) is 10.1 Å². The Balaban J connectivity index is 2.93. The monoisotopic (exact) mass is 261 g/mol. The van der Waals surface area contributed by atoms with Crippen LogP contribution in [0.1, 0.15) is 19.0 Å². The van der Waals surface area contributed by atoms with Gasteiger partial charge in [-0.25, -0.2) is 0 Å². The van der Waals surface area contributed by atoms with Crippen LogP contribution in [0.3, 0.4) is 0 Å². The Hall–Kier alpha value is -0.910. The van der Waals surface area contributed by atoms with Crippen LogP contribution >= 0.6 is 15.9 Å². The van der Waals surface area contributed by atoms with E-state index in [1.54, 1.807) is 11.6 Å². The molecule has 0 bridgehead atoms. The minimum atomic E-state index is -0.440. The van der Waals surface area contributed by atoms with Crippen LogP contribution < -0.4 is 0 Å². The summed E-state index contributed by atoms with van der Waals surface area (Å²) in [5.41, 5.74) is 0.665. The fourth-order valence-electron chi connectivity index (χ4n) is 1.19. The molecule has 1 unspecified atom stereocenters. The van der Waals surface area contributed by atoms with Crippen molar-refractivity contribution >= 4 is 21.7 Å². The van der Waals surface area contributed by atoms with Crippen LogP contribution in [0.25, 0.3) is 0 Å². The highest BCUT2D eigenvalue weighted by atomic mass is 79.9. The Morgan fingerprint density at radius 1 is 1.79 bits per heavy atom. The highest BCUT2D eigenvalue weighted by Gasteiger charge is 2.21. The maximum absolute atomic E-state index is 10.6. The molecule has 0 saturated heterocycles. The lowest BCUT2D eigenvalue weighted by molar-refractivity contribution is -0.390. The molecule has 1 aromatic rings. The fraction of sp³-hybridized carbons (Fsp3) is 0.625. The van der Waals surface area contributed by atoms with Gasteiger partial charge < -0.3 is 14.7 Å². The molecule has 5 nitrogen and oxygen atoms in total. The van der Waals surface area contributed by atoms with E-state index in [-0.39, 0.29) is 10.6 Å². The molecular formula is C8H12BrN3O2. The number of hydrogen-bond donors (Lipinski definition) is 0. The second kappa shape index (κ2) is 4.54. The lowest BCUT2D eigenvalue weighted by atomic mass is 10.2. The van der Waals surface area contributed by atoms with Gasteiger partial charge in [-0.3, -0.25) is 0 Å². The molecule has 14 heavy (non-hydrogen) atoms. The van der Waals surface area contributed by atoms with Gasteiger partial charge in [0.15, 0.2) is 0 Å². The smallest absolute Gasteiger partial charge is 0.358 e. The average molecular weight is 262 g/mol.